The van der Waals surface area contributed by atoms with E-state index in [0.717, 1.165) is 11.1 Å². The van der Waals surface area contributed by atoms with Crippen molar-refractivity contribution in [2.75, 3.05) is 7.11 Å². The molecule has 0 bridgehead atoms. The first-order chi connectivity index (χ1) is 8.22. The lowest BCUT2D eigenvalue weighted by Gasteiger charge is -2.08. The summed E-state index contributed by atoms with van der Waals surface area (Å²) < 4.78 is 6.48. The van der Waals surface area contributed by atoms with E-state index in [1.807, 2.05) is 30.3 Å². The number of rotatable bonds is 3. The lowest BCUT2D eigenvalue weighted by Crippen LogP contribution is -2.25. The highest BCUT2D eigenvalue weighted by Gasteiger charge is 2.08. The summed E-state index contributed by atoms with van der Waals surface area (Å²) in [5.74, 6) is 0.357. The predicted molar refractivity (Wildman–Crippen MR) is 65.3 cm³/mol. The second-order valence-electron chi connectivity index (χ2n) is 3.81. The number of hydrogen-bond donors (Lipinski definition) is 0. The van der Waals surface area contributed by atoms with Crippen LogP contribution in [0, 0.1) is 6.92 Å². The van der Waals surface area contributed by atoms with Crippen molar-refractivity contribution in [1.82, 2.24) is 9.78 Å². The first-order valence-electron chi connectivity index (χ1n) is 5.37. The SMILES string of the molecule is COc1c(C)cnn(Cc2ccccc2)c1=O. The minimum Gasteiger partial charge on any atom is -0.491 e. The molecule has 0 N–H and O–H groups in total. The van der Waals surface area contributed by atoms with Gasteiger partial charge in [-0.15, -0.1) is 0 Å². The molecule has 0 spiro atoms. The van der Waals surface area contributed by atoms with Crippen LogP contribution in [0.2, 0.25) is 0 Å². The maximum absolute atomic E-state index is 12.0. The molecule has 0 saturated heterocycles. The Morgan fingerprint density at radius 1 is 1.29 bits per heavy atom. The van der Waals surface area contributed by atoms with Crippen molar-refractivity contribution in [2.24, 2.45) is 0 Å². The third kappa shape index (κ3) is 2.36. The van der Waals surface area contributed by atoms with Gasteiger partial charge >= 0.3 is 5.56 Å². The fourth-order valence-corrected chi connectivity index (χ4v) is 1.67. The number of aromatic nitrogens is 2. The number of methoxy groups -OCH3 is 1. The molecule has 1 heterocycles. The molecule has 0 unspecified atom stereocenters. The molecule has 2 aromatic rings. The zero-order chi connectivity index (χ0) is 12.3. The Morgan fingerprint density at radius 2 is 2.00 bits per heavy atom. The van der Waals surface area contributed by atoms with Gasteiger partial charge in [0.05, 0.1) is 19.9 Å². The molecule has 0 aliphatic carbocycles. The van der Waals surface area contributed by atoms with Gasteiger partial charge in [0.15, 0.2) is 5.75 Å². The molecule has 88 valence electrons. The second-order valence-corrected chi connectivity index (χ2v) is 3.81. The van der Waals surface area contributed by atoms with E-state index >= 15 is 0 Å². The van der Waals surface area contributed by atoms with Crippen LogP contribution in [0.5, 0.6) is 5.75 Å². The summed E-state index contributed by atoms with van der Waals surface area (Å²) in [6, 6.07) is 9.73. The van der Waals surface area contributed by atoms with Gasteiger partial charge in [0.2, 0.25) is 0 Å². The van der Waals surface area contributed by atoms with Crippen molar-refractivity contribution in [1.29, 1.82) is 0 Å². The van der Waals surface area contributed by atoms with Crippen molar-refractivity contribution in [3.8, 4) is 5.75 Å². The number of hydrogen-bond acceptors (Lipinski definition) is 3. The van der Waals surface area contributed by atoms with Crippen LogP contribution in [0.25, 0.3) is 0 Å². The quantitative estimate of drug-likeness (QED) is 0.804. The third-order valence-electron chi connectivity index (χ3n) is 2.56. The summed E-state index contributed by atoms with van der Waals surface area (Å²) in [6.45, 7) is 2.26. The largest absolute Gasteiger partial charge is 0.491 e. The highest BCUT2D eigenvalue weighted by molar-refractivity contribution is 5.26. The number of ether oxygens (including phenoxy) is 1. The summed E-state index contributed by atoms with van der Waals surface area (Å²) in [5, 5.41) is 4.11. The van der Waals surface area contributed by atoms with Gasteiger partial charge in [-0.2, -0.15) is 5.10 Å². The van der Waals surface area contributed by atoms with E-state index in [9.17, 15) is 4.79 Å². The highest BCUT2D eigenvalue weighted by Crippen LogP contribution is 2.09. The van der Waals surface area contributed by atoms with Crippen LogP contribution in [-0.4, -0.2) is 16.9 Å². The Hall–Kier alpha value is -2.10. The van der Waals surface area contributed by atoms with E-state index in [1.54, 1.807) is 13.1 Å². The summed E-state index contributed by atoms with van der Waals surface area (Å²) in [4.78, 5) is 12.0. The fourth-order valence-electron chi connectivity index (χ4n) is 1.67. The smallest absolute Gasteiger partial charge is 0.309 e. The van der Waals surface area contributed by atoms with Crippen LogP contribution in [0.15, 0.2) is 41.3 Å². The van der Waals surface area contributed by atoms with Crippen molar-refractivity contribution >= 4 is 0 Å². The van der Waals surface area contributed by atoms with Gasteiger partial charge in [-0.25, -0.2) is 4.68 Å². The van der Waals surface area contributed by atoms with Crippen LogP contribution >= 0.6 is 0 Å². The zero-order valence-electron chi connectivity index (χ0n) is 9.88. The van der Waals surface area contributed by atoms with Crippen molar-refractivity contribution in [2.45, 2.75) is 13.5 Å². The summed E-state index contributed by atoms with van der Waals surface area (Å²) in [6.07, 6.45) is 1.64. The van der Waals surface area contributed by atoms with E-state index < -0.39 is 0 Å². The molecule has 0 aliphatic rings. The molecule has 1 aromatic heterocycles. The highest BCUT2D eigenvalue weighted by atomic mass is 16.5. The van der Waals surface area contributed by atoms with Gasteiger partial charge in [-0.05, 0) is 12.5 Å². The molecule has 1 aromatic carbocycles. The van der Waals surface area contributed by atoms with Gasteiger partial charge < -0.3 is 4.74 Å². The van der Waals surface area contributed by atoms with Crippen molar-refractivity contribution in [3.63, 3.8) is 0 Å². The molecule has 0 fully saturated rings. The van der Waals surface area contributed by atoms with Gasteiger partial charge in [-0.1, -0.05) is 30.3 Å². The molecule has 4 nitrogen and oxygen atoms in total. The van der Waals surface area contributed by atoms with Crippen LogP contribution in [0.4, 0.5) is 0 Å². The molecule has 17 heavy (non-hydrogen) atoms. The first-order valence-corrected chi connectivity index (χ1v) is 5.37. The lowest BCUT2D eigenvalue weighted by molar-refractivity contribution is 0.395. The number of benzene rings is 1. The molecule has 0 atom stereocenters. The van der Waals surface area contributed by atoms with Crippen molar-refractivity contribution < 1.29 is 4.74 Å². The van der Waals surface area contributed by atoms with Crippen LogP contribution in [0.3, 0.4) is 0 Å². The van der Waals surface area contributed by atoms with E-state index in [2.05, 4.69) is 5.10 Å². The summed E-state index contributed by atoms with van der Waals surface area (Å²) >= 11 is 0. The van der Waals surface area contributed by atoms with Gasteiger partial charge in [-0.3, -0.25) is 4.79 Å². The van der Waals surface area contributed by atoms with E-state index in [4.69, 9.17) is 4.74 Å². The third-order valence-corrected chi connectivity index (χ3v) is 2.56. The molecule has 4 heteroatoms. The normalized spacial score (nSPS) is 10.2. The fraction of sp³-hybridized carbons (Fsp3) is 0.231. The van der Waals surface area contributed by atoms with E-state index in [1.165, 1.54) is 11.8 Å². The van der Waals surface area contributed by atoms with E-state index in [0.29, 0.717) is 12.3 Å². The Morgan fingerprint density at radius 3 is 2.65 bits per heavy atom. The molecule has 0 amide bonds. The molecular weight excluding hydrogens is 216 g/mol. The maximum atomic E-state index is 12.0. The monoisotopic (exact) mass is 230 g/mol. The van der Waals surface area contributed by atoms with Crippen LogP contribution in [0.1, 0.15) is 11.1 Å². The van der Waals surface area contributed by atoms with Crippen molar-refractivity contribution in [3.05, 3.63) is 58.0 Å². The van der Waals surface area contributed by atoms with Gasteiger partial charge in [0, 0.05) is 5.56 Å². The standard InChI is InChI=1S/C13H14N2O2/c1-10-8-14-15(13(16)12(10)17-2)9-11-6-4-3-5-7-11/h3-8H,9H2,1-2H3. The molecule has 2 rings (SSSR count). The number of aryl methyl sites for hydroxylation is 1. The molecular formula is C13H14N2O2. The lowest BCUT2D eigenvalue weighted by atomic mass is 10.2. The van der Waals surface area contributed by atoms with Crippen LogP contribution in [-0.2, 0) is 6.54 Å². The van der Waals surface area contributed by atoms with Gasteiger partial charge in [0.25, 0.3) is 0 Å². The second kappa shape index (κ2) is 4.82. The Balaban J connectivity index is 2.38. The molecule has 0 radical (unpaired) electrons. The zero-order valence-corrected chi connectivity index (χ0v) is 9.88. The molecule has 0 saturated carbocycles. The first kappa shape index (κ1) is 11.4. The van der Waals surface area contributed by atoms with E-state index in [-0.39, 0.29) is 5.56 Å². The minimum absolute atomic E-state index is 0.198. The topological polar surface area (TPSA) is 44.1 Å². The Labute approximate surface area is 99.5 Å². The molecule has 0 aliphatic heterocycles. The number of nitrogens with zero attached hydrogens (tertiary/aromatic N) is 2. The average molecular weight is 230 g/mol. The Kier molecular flexibility index (Phi) is 3.23. The predicted octanol–water partition coefficient (Wildman–Crippen LogP) is 1.61. The summed E-state index contributed by atoms with van der Waals surface area (Å²) in [7, 11) is 1.50. The van der Waals surface area contributed by atoms with Crippen LogP contribution < -0.4 is 10.3 Å². The summed E-state index contributed by atoms with van der Waals surface area (Å²) in [5.41, 5.74) is 1.59. The van der Waals surface area contributed by atoms with Gasteiger partial charge in [0.1, 0.15) is 0 Å². The Bertz CT molecular complexity index is 561. The minimum atomic E-state index is -0.198. The maximum Gasteiger partial charge on any atom is 0.309 e. The average Bonchev–Trinajstić information content (AvgIpc) is 2.35.